The van der Waals surface area contributed by atoms with Gasteiger partial charge in [0.15, 0.2) is 0 Å². The van der Waals surface area contributed by atoms with Crippen LogP contribution < -0.4 is 16.0 Å². The lowest BCUT2D eigenvalue weighted by Gasteiger charge is -2.21. The summed E-state index contributed by atoms with van der Waals surface area (Å²) >= 11 is 0. The number of para-hydroxylation sites is 1. The Morgan fingerprint density at radius 3 is 2.61 bits per heavy atom. The Morgan fingerprint density at radius 1 is 1.16 bits per heavy atom. The van der Waals surface area contributed by atoms with Crippen LogP contribution in [0.15, 0.2) is 48.5 Å². The number of amides is 2. The Kier molecular flexibility index (Phi) is 8.01. The molecular weight excluding hydrogens is 490 g/mol. The SMILES string of the molecule is COCCN1C[C@@H](NC(=O)Nc2c(C)c(C3CCCN3)nn2-c2ccccc2)[C@H](c2cc(F)cc(F)c2)C1. The molecule has 1 unspecified atom stereocenters. The summed E-state index contributed by atoms with van der Waals surface area (Å²) in [7, 11) is 1.63. The lowest BCUT2D eigenvalue weighted by molar-refractivity contribution is 0.159. The van der Waals surface area contributed by atoms with E-state index < -0.39 is 17.7 Å². The smallest absolute Gasteiger partial charge is 0.320 e. The number of hydrogen-bond donors (Lipinski definition) is 3. The number of likely N-dealkylation sites (tertiary alicyclic amines) is 1. The van der Waals surface area contributed by atoms with Crippen molar-refractivity contribution in [2.24, 2.45) is 0 Å². The average molecular weight is 525 g/mol. The zero-order valence-electron chi connectivity index (χ0n) is 21.7. The molecule has 0 aliphatic carbocycles. The van der Waals surface area contributed by atoms with Crippen LogP contribution in [0.1, 0.15) is 41.6 Å². The van der Waals surface area contributed by atoms with E-state index >= 15 is 0 Å². The molecule has 10 heteroatoms. The largest absolute Gasteiger partial charge is 0.383 e. The summed E-state index contributed by atoms with van der Waals surface area (Å²) in [5, 5.41) is 14.5. The normalized spacial score (nSPS) is 21.6. The molecule has 38 heavy (non-hydrogen) atoms. The lowest BCUT2D eigenvalue weighted by atomic mass is 9.94. The van der Waals surface area contributed by atoms with Crippen LogP contribution in [0.25, 0.3) is 5.69 Å². The molecule has 8 nitrogen and oxygen atoms in total. The summed E-state index contributed by atoms with van der Waals surface area (Å²) in [5.41, 5.74) is 3.18. The van der Waals surface area contributed by atoms with Gasteiger partial charge in [-0.2, -0.15) is 5.10 Å². The maximum Gasteiger partial charge on any atom is 0.320 e. The highest BCUT2D eigenvalue weighted by Crippen LogP contribution is 2.32. The summed E-state index contributed by atoms with van der Waals surface area (Å²) < 4.78 is 35.1. The summed E-state index contributed by atoms with van der Waals surface area (Å²) in [6.07, 6.45) is 2.07. The molecule has 3 atom stereocenters. The van der Waals surface area contributed by atoms with E-state index in [2.05, 4.69) is 20.9 Å². The van der Waals surface area contributed by atoms with Gasteiger partial charge >= 0.3 is 6.03 Å². The van der Waals surface area contributed by atoms with Crippen LogP contribution >= 0.6 is 0 Å². The number of nitrogens with zero attached hydrogens (tertiary/aromatic N) is 3. The number of carbonyl (C=O) groups excluding carboxylic acids is 1. The quantitative estimate of drug-likeness (QED) is 0.413. The number of methoxy groups -OCH3 is 1. The Labute approximate surface area is 221 Å². The Bertz CT molecular complexity index is 1240. The Hall–Kier alpha value is -3.34. The minimum Gasteiger partial charge on any atom is -0.383 e. The summed E-state index contributed by atoms with van der Waals surface area (Å²) in [4.78, 5) is 15.5. The van der Waals surface area contributed by atoms with Crippen molar-refractivity contribution >= 4 is 11.8 Å². The van der Waals surface area contributed by atoms with Crippen LogP contribution in [0.3, 0.4) is 0 Å². The second-order valence-corrected chi connectivity index (χ2v) is 10.0. The standard InChI is InChI=1S/C28H34F2N6O2/c1-18-26(24-9-6-10-31-24)34-36(22-7-4-3-5-8-22)27(18)33-28(37)32-25-17-35(11-12-38-2)16-23(25)19-13-20(29)15-21(30)14-19/h3-5,7-8,13-15,23-25,31H,6,9-12,16-17H2,1-2H3,(H2,32,33,37)/t23-,24?,25+/m0/s1. The fourth-order valence-electron chi connectivity index (χ4n) is 5.54. The Balaban J connectivity index is 1.39. The van der Waals surface area contributed by atoms with Gasteiger partial charge in [0.05, 0.1) is 30.1 Å². The van der Waals surface area contributed by atoms with Crippen molar-refractivity contribution < 1.29 is 18.3 Å². The monoisotopic (exact) mass is 524 g/mol. The maximum atomic E-state index is 14.1. The second-order valence-electron chi connectivity index (χ2n) is 10.0. The molecule has 2 aliphatic heterocycles. The Morgan fingerprint density at radius 2 is 1.92 bits per heavy atom. The molecule has 1 aromatic heterocycles. The number of benzene rings is 2. The van der Waals surface area contributed by atoms with Crippen LogP contribution in [-0.2, 0) is 4.74 Å². The molecule has 3 aromatic rings. The number of rotatable bonds is 8. The molecule has 2 saturated heterocycles. The van der Waals surface area contributed by atoms with Crippen LogP contribution in [0, 0.1) is 18.6 Å². The molecule has 2 aliphatic rings. The van der Waals surface area contributed by atoms with Gasteiger partial charge < -0.3 is 15.4 Å². The van der Waals surface area contributed by atoms with Gasteiger partial charge in [0.1, 0.15) is 17.5 Å². The number of carbonyl (C=O) groups is 1. The second kappa shape index (κ2) is 11.6. The van der Waals surface area contributed by atoms with E-state index in [1.165, 1.54) is 12.1 Å². The van der Waals surface area contributed by atoms with E-state index in [4.69, 9.17) is 9.84 Å². The molecule has 2 amide bonds. The number of aromatic nitrogens is 2. The van der Waals surface area contributed by atoms with Crippen molar-refractivity contribution in [1.82, 2.24) is 25.3 Å². The third-order valence-corrected chi connectivity index (χ3v) is 7.42. The van der Waals surface area contributed by atoms with Gasteiger partial charge in [-0.1, -0.05) is 18.2 Å². The molecule has 0 bridgehead atoms. The third-order valence-electron chi connectivity index (χ3n) is 7.42. The van der Waals surface area contributed by atoms with Crippen molar-refractivity contribution in [3.05, 3.63) is 77.0 Å². The van der Waals surface area contributed by atoms with E-state index in [1.807, 2.05) is 37.3 Å². The molecule has 5 rings (SSSR count). The first-order valence-corrected chi connectivity index (χ1v) is 13.1. The minimum absolute atomic E-state index is 0.139. The number of urea groups is 1. The van der Waals surface area contributed by atoms with Crippen LogP contribution in [0.5, 0.6) is 0 Å². The number of anilines is 1. The molecule has 2 aromatic carbocycles. The number of nitrogens with one attached hydrogen (secondary N) is 3. The van der Waals surface area contributed by atoms with E-state index in [-0.39, 0.29) is 18.0 Å². The number of ether oxygens (including phenoxy) is 1. The van der Waals surface area contributed by atoms with Gasteiger partial charge in [-0.05, 0) is 56.1 Å². The molecule has 3 N–H and O–H groups in total. The average Bonchev–Trinajstić information content (AvgIpc) is 3.63. The van der Waals surface area contributed by atoms with Crippen LogP contribution in [0.2, 0.25) is 0 Å². The van der Waals surface area contributed by atoms with Gasteiger partial charge in [0.2, 0.25) is 0 Å². The van der Waals surface area contributed by atoms with Crippen molar-refractivity contribution in [3.8, 4) is 5.69 Å². The van der Waals surface area contributed by atoms with Gasteiger partial charge in [-0.3, -0.25) is 10.2 Å². The molecule has 3 heterocycles. The summed E-state index contributed by atoms with van der Waals surface area (Å²) in [6.45, 7) is 5.18. The zero-order chi connectivity index (χ0) is 26.6. The van der Waals surface area contributed by atoms with Crippen LogP contribution in [0.4, 0.5) is 19.4 Å². The molecule has 0 radical (unpaired) electrons. The molecule has 2 fully saturated rings. The van der Waals surface area contributed by atoms with Crippen molar-refractivity contribution in [3.63, 3.8) is 0 Å². The highest BCUT2D eigenvalue weighted by Gasteiger charge is 2.35. The molecule has 0 saturated carbocycles. The number of halogens is 2. The van der Waals surface area contributed by atoms with E-state index in [0.29, 0.717) is 37.6 Å². The minimum atomic E-state index is -0.631. The van der Waals surface area contributed by atoms with Crippen molar-refractivity contribution in [1.29, 1.82) is 0 Å². The zero-order valence-corrected chi connectivity index (χ0v) is 21.7. The maximum absolute atomic E-state index is 14.1. The van der Waals surface area contributed by atoms with Gasteiger partial charge in [-0.15, -0.1) is 0 Å². The third kappa shape index (κ3) is 5.72. The molecular formula is C28H34F2N6O2. The van der Waals surface area contributed by atoms with E-state index in [9.17, 15) is 13.6 Å². The van der Waals surface area contributed by atoms with Crippen molar-refractivity contribution in [2.45, 2.75) is 37.8 Å². The topological polar surface area (TPSA) is 83.4 Å². The first-order valence-electron chi connectivity index (χ1n) is 13.1. The molecule has 0 spiro atoms. The fraction of sp³-hybridized carbons (Fsp3) is 0.429. The van der Waals surface area contributed by atoms with Crippen LogP contribution in [-0.4, -0.2) is 66.6 Å². The highest BCUT2D eigenvalue weighted by atomic mass is 19.1. The highest BCUT2D eigenvalue weighted by molar-refractivity contribution is 5.90. The molecule has 202 valence electrons. The number of hydrogen-bond acceptors (Lipinski definition) is 5. The van der Waals surface area contributed by atoms with E-state index in [0.717, 1.165) is 42.4 Å². The van der Waals surface area contributed by atoms with Gasteiger partial charge in [0.25, 0.3) is 0 Å². The van der Waals surface area contributed by atoms with Gasteiger partial charge in [0, 0.05) is 44.3 Å². The first-order chi connectivity index (χ1) is 18.4. The fourth-order valence-corrected chi connectivity index (χ4v) is 5.54. The van der Waals surface area contributed by atoms with Crippen molar-refractivity contribution in [2.75, 3.05) is 45.2 Å². The van der Waals surface area contributed by atoms with Gasteiger partial charge in [-0.25, -0.2) is 18.3 Å². The summed E-state index contributed by atoms with van der Waals surface area (Å²) in [5.74, 6) is -0.941. The lowest BCUT2D eigenvalue weighted by Crippen LogP contribution is -2.42. The first kappa shape index (κ1) is 26.3. The summed E-state index contributed by atoms with van der Waals surface area (Å²) in [6, 6.07) is 12.6. The van der Waals surface area contributed by atoms with E-state index in [1.54, 1.807) is 11.8 Å². The predicted molar refractivity (Wildman–Crippen MR) is 142 cm³/mol. The predicted octanol–water partition coefficient (Wildman–Crippen LogP) is 4.12.